The van der Waals surface area contributed by atoms with Crippen LogP contribution < -0.4 is 4.90 Å². The second-order valence-corrected chi connectivity index (χ2v) is 6.90. The van der Waals surface area contributed by atoms with Crippen LogP contribution in [0.1, 0.15) is 24.8 Å². The van der Waals surface area contributed by atoms with Crippen LogP contribution in [-0.4, -0.2) is 61.2 Å². The maximum Gasteiger partial charge on any atom is 0.430 e. The standard InChI is InChI=1S/C19H21F6N3O3/c20-18(21,22)17(30,19(23,24)25)14-4-6-15(7-5-14)28(9-3-1-2-8-26)16(29)27-10-12-31-13-11-27/h4-7,30H,1-3,9-13H2. The highest BCUT2D eigenvalue weighted by Crippen LogP contribution is 2.50. The van der Waals surface area contributed by atoms with E-state index in [1.165, 1.54) is 9.80 Å². The van der Waals surface area contributed by atoms with Gasteiger partial charge < -0.3 is 14.7 Å². The highest BCUT2D eigenvalue weighted by Gasteiger charge is 2.71. The van der Waals surface area contributed by atoms with Crippen LogP contribution in [0.4, 0.5) is 36.8 Å². The lowest BCUT2D eigenvalue weighted by Crippen LogP contribution is -2.54. The van der Waals surface area contributed by atoms with Gasteiger partial charge in [-0.2, -0.15) is 31.6 Å². The lowest BCUT2D eigenvalue weighted by Gasteiger charge is -2.34. The van der Waals surface area contributed by atoms with Crippen LogP contribution in [0.3, 0.4) is 0 Å². The van der Waals surface area contributed by atoms with E-state index in [2.05, 4.69) is 0 Å². The third-order valence-electron chi connectivity index (χ3n) is 4.85. The van der Waals surface area contributed by atoms with Gasteiger partial charge in [0.05, 0.1) is 19.3 Å². The first kappa shape index (κ1) is 24.7. The van der Waals surface area contributed by atoms with Gasteiger partial charge in [0, 0.05) is 37.3 Å². The smallest absolute Gasteiger partial charge is 0.378 e. The van der Waals surface area contributed by atoms with E-state index in [-0.39, 0.29) is 31.7 Å². The van der Waals surface area contributed by atoms with Crippen molar-refractivity contribution < 1.29 is 41.0 Å². The van der Waals surface area contributed by atoms with E-state index in [1.807, 2.05) is 6.07 Å². The molecule has 1 heterocycles. The van der Waals surface area contributed by atoms with Gasteiger partial charge in [0.2, 0.25) is 0 Å². The minimum Gasteiger partial charge on any atom is -0.378 e. The number of ether oxygens (including phenoxy) is 1. The first-order valence-electron chi connectivity index (χ1n) is 9.41. The van der Waals surface area contributed by atoms with E-state index < -0.39 is 29.5 Å². The molecule has 0 atom stereocenters. The Morgan fingerprint density at radius 3 is 2.10 bits per heavy atom. The van der Waals surface area contributed by atoms with Crippen molar-refractivity contribution in [1.82, 2.24) is 4.90 Å². The summed E-state index contributed by atoms with van der Waals surface area (Å²) < 4.78 is 83.6. The van der Waals surface area contributed by atoms with Crippen molar-refractivity contribution in [1.29, 1.82) is 5.26 Å². The summed E-state index contributed by atoms with van der Waals surface area (Å²) in [7, 11) is 0. The summed E-state index contributed by atoms with van der Waals surface area (Å²) in [5.74, 6) is 0. The maximum absolute atomic E-state index is 13.1. The van der Waals surface area contributed by atoms with Gasteiger partial charge in [0.25, 0.3) is 5.60 Å². The molecule has 6 nitrogen and oxygen atoms in total. The van der Waals surface area contributed by atoms with Gasteiger partial charge in [-0.15, -0.1) is 0 Å². The Morgan fingerprint density at radius 2 is 1.61 bits per heavy atom. The number of amides is 2. The molecule has 1 aromatic rings. The lowest BCUT2D eigenvalue weighted by atomic mass is 9.92. The van der Waals surface area contributed by atoms with Gasteiger partial charge >= 0.3 is 18.4 Å². The predicted molar refractivity (Wildman–Crippen MR) is 97.0 cm³/mol. The number of urea groups is 1. The summed E-state index contributed by atoms with van der Waals surface area (Å²) in [6, 6.07) is 4.35. The number of rotatable bonds is 6. The number of benzene rings is 1. The Bertz CT molecular complexity index is 769. The molecule has 0 unspecified atom stereocenters. The van der Waals surface area contributed by atoms with E-state index in [4.69, 9.17) is 10.00 Å². The number of hydrogen-bond donors (Lipinski definition) is 1. The number of halogens is 6. The van der Waals surface area contributed by atoms with E-state index >= 15 is 0 Å². The number of alkyl halides is 6. The van der Waals surface area contributed by atoms with Gasteiger partial charge in [-0.25, -0.2) is 4.79 Å². The average molecular weight is 453 g/mol. The fourth-order valence-electron chi connectivity index (χ4n) is 3.11. The maximum atomic E-state index is 13.1. The number of nitriles is 1. The molecule has 0 bridgehead atoms. The topological polar surface area (TPSA) is 76.8 Å². The van der Waals surface area contributed by atoms with Crippen LogP contribution in [0.5, 0.6) is 0 Å². The number of nitrogens with zero attached hydrogens (tertiary/aromatic N) is 3. The quantitative estimate of drug-likeness (QED) is 0.523. The molecule has 2 amide bonds. The summed E-state index contributed by atoms with van der Waals surface area (Å²) in [6.45, 7) is 1.29. The molecule has 0 spiro atoms. The molecule has 0 saturated carbocycles. The van der Waals surface area contributed by atoms with E-state index in [0.29, 0.717) is 38.2 Å². The summed E-state index contributed by atoms with van der Waals surface area (Å²) in [4.78, 5) is 15.6. The molecule has 2 rings (SSSR count). The van der Waals surface area contributed by atoms with Crippen molar-refractivity contribution in [2.45, 2.75) is 37.2 Å². The largest absolute Gasteiger partial charge is 0.430 e. The van der Waals surface area contributed by atoms with E-state index in [9.17, 15) is 36.2 Å². The van der Waals surface area contributed by atoms with Gasteiger partial charge in [-0.05, 0) is 25.0 Å². The zero-order valence-corrected chi connectivity index (χ0v) is 16.3. The highest BCUT2D eigenvalue weighted by molar-refractivity contribution is 5.92. The predicted octanol–water partition coefficient (Wildman–Crippen LogP) is 3.95. The molecular formula is C19H21F6N3O3. The van der Waals surface area contributed by atoms with Gasteiger partial charge in [0.15, 0.2) is 0 Å². The summed E-state index contributed by atoms with van der Waals surface area (Å²) in [5, 5.41) is 18.2. The third kappa shape index (κ3) is 5.40. The number of carbonyl (C=O) groups is 1. The molecule has 12 heteroatoms. The molecule has 31 heavy (non-hydrogen) atoms. The number of unbranched alkanes of at least 4 members (excludes halogenated alkanes) is 2. The van der Waals surface area contributed by atoms with Crippen molar-refractivity contribution in [3.63, 3.8) is 0 Å². The SMILES string of the molecule is N#CCCCCN(C(=O)N1CCOCC1)c1ccc(C(O)(C(F)(F)F)C(F)(F)F)cc1. The third-order valence-corrected chi connectivity index (χ3v) is 4.85. The second-order valence-electron chi connectivity index (χ2n) is 6.90. The number of hydrogen-bond acceptors (Lipinski definition) is 4. The zero-order valence-electron chi connectivity index (χ0n) is 16.3. The Balaban J connectivity index is 2.34. The van der Waals surface area contributed by atoms with Crippen LogP contribution in [0, 0.1) is 11.3 Å². The van der Waals surface area contributed by atoms with Crippen molar-refractivity contribution in [3.05, 3.63) is 29.8 Å². The minimum atomic E-state index is -5.99. The number of morpholine rings is 1. The molecule has 1 saturated heterocycles. The van der Waals surface area contributed by atoms with Crippen LogP contribution in [0.15, 0.2) is 24.3 Å². The number of aliphatic hydroxyl groups is 1. The van der Waals surface area contributed by atoms with E-state index in [1.54, 1.807) is 0 Å². The summed E-state index contributed by atoms with van der Waals surface area (Å²) in [5.41, 5.74) is -6.37. The van der Waals surface area contributed by atoms with Crippen molar-refractivity contribution in [3.8, 4) is 6.07 Å². The second kappa shape index (κ2) is 9.74. The fourth-order valence-corrected chi connectivity index (χ4v) is 3.11. The van der Waals surface area contributed by atoms with Gasteiger partial charge in [-0.3, -0.25) is 4.90 Å². The molecule has 1 aliphatic rings. The normalized spacial score (nSPS) is 15.5. The lowest BCUT2D eigenvalue weighted by molar-refractivity contribution is -0.376. The molecule has 1 aromatic carbocycles. The summed E-state index contributed by atoms with van der Waals surface area (Å²) in [6.07, 6.45) is -10.9. The molecule has 0 aliphatic carbocycles. The average Bonchev–Trinajstić information content (AvgIpc) is 2.72. The molecule has 1 aliphatic heterocycles. The highest BCUT2D eigenvalue weighted by atomic mass is 19.4. The van der Waals surface area contributed by atoms with Crippen molar-refractivity contribution in [2.24, 2.45) is 0 Å². The van der Waals surface area contributed by atoms with E-state index in [0.717, 1.165) is 12.1 Å². The molecular weight excluding hydrogens is 432 g/mol. The molecule has 172 valence electrons. The van der Waals surface area contributed by atoms with Crippen LogP contribution >= 0.6 is 0 Å². The van der Waals surface area contributed by atoms with Crippen LogP contribution in [-0.2, 0) is 10.3 Å². The Hall–Kier alpha value is -2.52. The fraction of sp³-hybridized carbons (Fsp3) is 0.579. The zero-order chi connectivity index (χ0) is 23.3. The Morgan fingerprint density at radius 1 is 1.06 bits per heavy atom. The number of anilines is 1. The van der Waals surface area contributed by atoms with Crippen LogP contribution in [0.2, 0.25) is 0 Å². The van der Waals surface area contributed by atoms with Crippen molar-refractivity contribution in [2.75, 3.05) is 37.7 Å². The molecule has 0 radical (unpaired) electrons. The van der Waals surface area contributed by atoms with Gasteiger partial charge in [-0.1, -0.05) is 12.1 Å². The summed E-state index contributed by atoms with van der Waals surface area (Å²) >= 11 is 0. The molecule has 1 fully saturated rings. The molecule has 1 N–H and O–H groups in total. The first-order chi connectivity index (χ1) is 14.4. The minimum absolute atomic E-state index is 0.0731. The Labute approximate surface area is 174 Å². The van der Waals surface area contributed by atoms with Crippen LogP contribution in [0.25, 0.3) is 0 Å². The first-order valence-corrected chi connectivity index (χ1v) is 9.41. The van der Waals surface area contributed by atoms with Gasteiger partial charge in [0.1, 0.15) is 0 Å². The monoisotopic (exact) mass is 453 g/mol. The molecule has 0 aromatic heterocycles. The Kier molecular flexibility index (Phi) is 7.77. The van der Waals surface area contributed by atoms with Crippen molar-refractivity contribution >= 4 is 11.7 Å². The number of carbonyl (C=O) groups excluding carboxylic acids is 1.